The first-order valence-electron chi connectivity index (χ1n) is 13.4. The number of nitrogens with zero attached hydrogens (tertiary/aromatic N) is 1. The molecular formula is C38H23NOU. The van der Waals surface area contributed by atoms with Crippen LogP contribution in [0.15, 0.2) is 144 Å². The van der Waals surface area contributed by atoms with Crippen LogP contribution in [0.1, 0.15) is 0 Å². The minimum Gasteiger partial charge on any atom is -0.456 e. The topological polar surface area (TPSA) is 16.4 Å². The molecule has 190 valence electrons. The molecule has 0 aliphatic carbocycles. The first-order valence-corrected chi connectivity index (χ1v) is 13.4. The van der Waals surface area contributed by atoms with Crippen molar-refractivity contribution in [1.29, 1.82) is 0 Å². The van der Waals surface area contributed by atoms with Gasteiger partial charge >= 0.3 is 31.1 Å². The van der Waals surface area contributed by atoms with Crippen LogP contribution in [0.5, 0.6) is 0 Å². The van der Waals surface area contributed by atoms with Gasteiger partial charge in [-0.2, -0.15) is 36.4 Å². The third-order valence-electron chi connectivity index (χ3n) is 7.64. The van der Waals surface area contributed by atoms with Crippen molar-refractivity contribution >= 4 is 60.5 Å². The summed E-state index contributed by atoms with van der Waals surface area (Å²) >= 11 is 0. The molecule has 0 spiro atoms. The van der Waals surface area contributed by atoms with Crippen molar-refractivity contribution in [3.63, 3.8) is 0 Å². The fourth-order valence-corrected chi connectivity index (χ4v) is 5.72. The Hall–Kier alpha value is -4.29. The molecule has 3 heteroatoms. The van der Waals surface area contributed by atoms with E-state index in [-0.39, 0.29) is 31.1 Å². The first-order chi connectivity index (χ1) is 19.8. The summed E-state index contributed by atoms with van der Waals surface area (Å²) in [6.45, 7) is 0. The van der Waals surface area contributed by atoms with E-state index in [0.29, 0.717) is 0 Å². The van der Waals surface area contributed by atoms with Crippen LogP contribution in [-0.2, 0) is 0 Å². The zero-order chi connectivity index (χ0) is 26.5. The second kappa shape index (κ2) is 10.6. The summed E-state index contributed by atoms with van der Waals surface area (Å²) in [5.74, 6) is 0. The minimum atomic E-state index is 0. The summed E-state index contributed by atoms with van der Waals surface area (Å²) in [4.78, 5) is 2.28. The summed E-state index contributed by atoms with van der Waals surface area (Å²) in [7, 11) is 0. The normalized spacial score (nSPS) is 11.2. The molecular weight excluding hydrogens is 724 g/mol. The Bertz CT molecular complexity index is 2150. The molecule has 1 aromatic heterocycles. The van der Waals surface area contributed by atoms with Crippen molar-refractivity contribution in [3.05, 3.63) is 152 Å². The Morgan fingerprint density at radius 1 is 0.463 bits per heavy atom. The zero-order valence-electron chi connectivity index (χ0n) is 22.1. The van der Waals surface area contributed by atoms with Crippen molar-refractivity contribution < 1.29 is 35.5 Å². The summed E-state index contributed by atoms with van der Waals surface area (Å²) < 4.78 is 6.21. The molecule has 0 amide bonds. The summed E-state index contributed by atoms with van der Waals surface area (Å²) in [5, 5.41) is 7.10. The fourth-order valence-electron chi connectivity index (χ4n) is 5.72. The smallest absolute Gasteiger partial charge is 0.456 e. The van der Waals surface area contributed by atoms with Gasteiger partial charge in [0.2, 0.25) is 0 Å². The van der Waals surface area contributed by atoms with Gasteiger partial charge in [-0.15, -0.1) is 18.2 Å². The Kier molecular flexibility index (Phi) is 6.64. The standard InChI is InChI=1S/C38H23NO.U/c1-3-9-26(10-4-1)27-17-19-31(20-18-27)39(30-11-5-2-6-12-30)32-21-22-33-28(23-32)15-16-29-24-36-34-13-7-8-14-37(34)40-38(36)25-35(29)33;/h1-9,11-17,19-25H;/q-2;+2. The first kappa shape index (κ1) is 25.7. The molecule has 0 saturated heterocycles. The van der Waals surface area contributed by atoms with Gasteiger partial charge in [-0.3, -0.25) is 0 Å². The van der Waals surface area contributed by atoms with E-state index in [0.717, 1.165) is 50.1 Å². The molecule has 8 rings (SSSR count). The molecule has 1 heterocycles. The van der Waals surface area contributed by atoms with Crippen LogP contribution in [-0.4, -0.2) is 0 Å². The monoisotopic (exact) mass is 747 g/mol. The van der Waals surface area contributed by atoms with Crippen molar-refractivity contribution in [1.82, 2.24) is 0 Å². The van der Waals surface area contributed by atoms with Gasteiger partial charge in [0.05, 0.1) is 0 Å². The van der Waals surface area contributed by atoms with Crippen LogP contribution in [0.25, 0.3) is 54.6 Å². The van der Waals surface area contributed by atoms with E-state index in [4.69, 9.17) is 4.42 Å². The van der Waals surface area contributed by atoms with Gasteiger partial charge in [-0.25, -0.2) is 11.1 Å². The van der Waals surface area contributed by atoms with Crippen molar-refractivity contribution in [2.24, 2.45) is 0 Å². The van der Waals surface area contributed by atoms with E-state index in [9.17, 15) is 0 Å². The van der Waals surface area contributed by atoms with Crippen LogP contribution < -0.4 is 4.90 Å². The number of hydrogen-bond donors (Lipinski definition) is 0. The number of anilines is 3. The van der Waals surface area contributed by atoms with Crippen LogP contribution >= 0.6 is 0 Å². The van der Waals surface area contributed by atoms with Gasteiger partial charge in [-0.05, 0) is 69.7 Å². The maximum atomic E-state index is 6.21. The third-order valence-corrected chi connectivity index (χ3v) is 7.64. The molecule has 2 nitrogen and oxygen atoms in total. The van der Waals surface area contributed by atoms with E-state index in [1.165, 1.54) is 21.5 Å². The van der Waals surface area contributed by atoms with Gasteiger partial charge in [0.25, 0.3) is 0 Å². The van der Waals surface area contributed by atoms with Gasteiger partial charge in [0.1, 0.15) is 11.2 Å². The summed E-state index contributed by atoms with van der Waals surface area (Å²) in [6, 6.07) is 55.4. The molecule has 0 atom stereocenters. The van der Waals surface area contributed by atoms with Gasteiger partial charge in [0, 0.05) is 22.1 Å². The zero-order valence-corrected chi connectivity index (χ0v) is 26.3. The maximum Gasteiger partial charge on any atom is 2.00 e. The number of rotatable bonds is 4. The molecule has 0 bridgehead atoms. The van der Waals surface area contributed by atoms with Crippen molar-refractivity contribution in [2.75, 3.05) is 4.90 Å². The van der Waals surface area contributed by atoms with E-state index in [1.54, 1.807) is 0 Å². The predicted molar refractivity (Wildman–Crippen MR) is 167 cm³/mol. The Morgan fingerprint density at radius 2 is 1.22 bits per heavy atom. The van der Waals surface area contributed by atoms with E-state index >= 15 is 0 Å². The van der Waals surface area contributed by atoms with Gasteiger partial charge < -0.3 is 9.32 Å². The molecule has 0 saturated carbocycles. The number of hydrogen-bond acceptors (Lipinski definition) is 2. The summed E-state index contributed by atoms with van der Waals surface area (Å²) in [6.07, 6.45) is 0. The Labute approximate surface area is 262 Å². The minimum absolute atomic E-state index is 0. The molecule has 0 fully saturated rings. The second-order valence-corrected chi connectivity index (χ2v) is 10.0. The number of para-hydroxylation sites is 2. The van der Waals surface area contributed by atoms with Crippen LogP contribution in [0.3, 0.4) is 0 Å². The molecule has 41 heavy (non-hydrogen) atoms. The average molecular weight is 748 g/mol. The molecule has 8 aromatic rings. The Morgan fingerprint density at radius 3 is 2.02 bits per heavy atom. The van der Waals surface area contributed by atoms with E-state index in [2.05, 4.69) is 120 Å². The van der Waals surface area contributed by atoms with Crippen LogP contribution in [0.2, 0.25) is 0 Å². The van der Waals surface area contributed by atoms with Crippen LogP contribution in [0.4, 0.5) is 17.1 Å². The quantitative estimate of drug-likeness (QED) is 0.132. The third kappa shape index (κ3) is 4.52. The van der Waals surface area contributed by atoms with Crippen LogP contribution in [0, 0.1) is 43.2 Å². The largest absolute Gasteiger partial charge is 2.00 e. The molecule has 7 aromatic carbocycles. The molecule has 0 N–H and O–H groups in total. The predicted octanol–water partition coefficient (Wildman–Crippen LogP) is 10.6. The van der Waals surface area contributed by atoms with Crippen molar-refractivity contribution in [2.45, 2.75) is 0 Å². The second-order valence-electron chi connectivity index (χ2n) is 10.0. The number of furan rings is 1. The molecule has 0 unspecified atom stereocenters. The maximum absolute atomic E-state index is 6.21. The van der Waals surface area contributed by atoms with E-state index in [1.807, 2.05) is 36.4 Å². The van der Waals surface area contributed by atoms with Gasteiger partial charge in [0.15, 0.2) is 0 Å². The average Bonchev–Trinajstić information content (AvgIpc) is 3.39. The van der Waals surface area contributed by atoms with Crippen molar-refractivity contribution in [3.8, 4) is 11.1 Å². The Balaban J connectivity index is 0.00000276. The molecule has 0 aliphatic heterocycles. The SMILES string of the molecule is [U+2].[c-]1ccccc1-c1[c-]cc(N(c2ccccc2)c2ccc3c(ccc4cc5c(cc43)oc3ccccc35)c2)cc1. The fraction of sp³-hybridized carbons (Fsp3) is 0. The number of benzene rings is 7. The van der Waals surface area contributed by atoms with Gasteiger partial charge in [-0.1, -0.05) is 54.6 Å². The number of fused-ring (bicyclic) bond motifs is 6. The molecule has 0 aliphatic rings. The molecule has 0 radical (unpaired) electrons. The summed E-state index contributed by atoms with van der Waals surface area (Å²) in [5.41, 5.74) is 7.15. The van der Waals surface area contributed by atoms with E-state index < -0.39 is 0 Å².